The largest absolute Gasteiger partial charge is 0.449 e. The number of carbonyl (C=O) groups is 2. The van der Waals surface area contributed by atoms with E-state index in [0.717, 1.165) is 44.9 Å². The Balaban J connectivity index is 1.73. The second kappa shape index (κ2) is 9.67. The molecule has 0 bridgehead atoms. The van der Waals surface area contributed by atoms with Gasteiger partial charge in [0.05, 0.1) is 23.9 Å². The zero-order valence-corrected chi connectivity index (χ0v) is 20.6. The average Bonchev–Trinajstić information content (AvgIpc) is 2.70. The number of sulfone groups is 1. The van der Waals surface area contributed by atoms with Gasteiger partial charge in [-0.15, -0.1) is 0 Å². The number of amides is 2. The van der Waals surface area contributed by atoms with Crippen molar-refractivity contribution >= 4 is 21.8 Å². The molecule has 3 fully saturated rings. The van der Waals surface area contributed by atoms with E-state index in [-0.39, 0.29) is 41.3 Å². The lowest BCUT2D eigenvalue weighted by molar-refractivity contribution is -0.142. The summed E-state index contributed by atoms with van der Waals surface area (Å²) in [6.07, 6.45) is 7.22. The number of hydrogen-bond acceptors (Lipinski definition) is 5. The zero-order chi connectivity index (χ0) is 22.9. The highest BCUT2D eigenvalue weighted by atomic mass is 32.2. The molecule has 0 aromatic carbocycles. The molecule has 3 aliphatic rings. The maximum absolute atomic E-state index is 12.9. The molecule has 31 heavy (non-hydrogen) atoms. The minimum atomic E-state index is -2.97. The fraction of sp³-hybridized carbons (Fsp3) is 0.913. The molecule has 2 saturated carbocycles. The highest BCUT2D eigenvalue weighted by Crippen LogP contribution is 2.43. The molecule has 0 radical (unpaired) electrons. The molecule has 3 unspecified atom stereocenters. The first-order chi connectivity index (χ1) is 14.5. The molecule has 178 valence electrons. The Labute approximate surface area is 187 Å². The molecule has 4 atom stereocenters. The molecule has 1 heterocycles. The molecule has 2 aliphatic carbocycles. The van der Waals surface area contributed by atoms with Crippen LogP contribution in [-0.2, 0) is 19.4 Å². The van der Waals surface area contributed by atoms with E-state index in [0.29, 0.717) is 25.0 Å². The molecular weight excluding hydrogens is 416 g/mol. The Morgan fingerprint density at radius 3 is 2.16 bits per heavy atom. The highest BCUT2D eigenvalue weighted by molar-refractivity contribution is 7.91. The number of piperazine rings is 1. The molecule has 8 heteroatoms. The summed E-state index contributed by atoms with van der Waals surface area (Å²) in [6.45, 7) is 8.59. The van der Waals surface area contributed by atoms with Gasteiger partial charge in [-0.2, -0.15) is 0 Å². The summed E-state index contributed by atoms with van der Waals surface area (Å²) >= 11 is 0. The summed E-state index contributed by atoms with van der Waals surface area (Å²) in [7, 11) is -2.97. The van der Waals surface area contributed by atoms with Gasteiger partial charge in [0.1, 0.15) is 9.84 Å². The molecular formula is C23H40N2O5S. The van der Waals surface area contributed by atoms with Crippen molar-refractivity contribution in [2.75, 3.05) is 19.4 Å². The SMILES string of the molecule is CC(=O)N1C2CCC(C3CCC(S(C)(=O)=O)CC3)CC2N(C(=O)OCC(C)C)C[C@@H]1C. The van der Waals surface area contributed by atoms with Gasteiger partial charge in [-0.05, 0) is 69.6 Å². The maximum Gasteiger partial charge on any atom is 0.410 e. The highest BCUT2D eigenvalue weighted by Gasteiger charge is 2.48. The van der Waals surface area contributed by atoms with Crippen LogP contribution in [0.5, 0.6) is 0 Å². The van der Waals surface area contributed by atoms with Gasteiger partial charge in [-0.25, -0.2) is 13.2 Å². The fourth-order valence-electron chi connectivity index (χ4n) is 6.15. The second-order valence-electron chi connectivity index (χ2n) is 10.5. The normalized spacial score (nSPS) is 34.4. The van der Waals surface area contributed by atoms with Crippen LogP contribution in [0.1, 0.15) is 72.6 Å². The summed E-state index contributed by atoms with van der Waals surface area (Å²) in [4.78, 5) is 29.2. The van der Waals surface area contributed by atoms with E-state index in [4.69, 9.17) is 4.74 Å². The first kappa shape index (κ1) is 24.3. The van der Waals surface area contributed by atoms with Crippen LogP contribution in [0.4, 0.5) is 4.79 Å². The van der Waals surface area contributed by atoms with E-state index in [1.54, 1.807) is 6.92 Å². The van der Waals surface area contributed by atoms with Crippen LogP contribution in [0.15, 0.2) is 0 Å². The Hall–Kier alpha value is -1.31. The van der Waals surface area contributed by atoms with Crippen molar-refractivity contribution < 1.29 is 22.7 Å². The minimum Gasteiger partial charge on any atom is -0.449 e. The standard InChI is InChI=1S/C23H40N2O5S/c1-15(2)14-30-23(27)24-13-16(3)25(17(4)26)21-11-8-19(12-22(21)24)18-6-9-20(10-7-18)31(5,28)29/h15-16,18-22H,6-14H2,1-5H3/t16-,18?,19?,20?,21?,22?/m0/s1. The van der Waals surface area contributed by atoms with Crippen molar-refractivity contribution in [3.63, 3.8) is 0 Å². The van der Waals surface area contributed by atoms with Crippen LogP contribution in [0.3, 0.4) is 0 Å². The van der Waals surface area contributed by atoms with Gasteiger partial charge in [0, 0.05) is 25.8 Å². The summed E-state index contributed by atoms with van der Waals surface area (Å²) in [5, 5.41) is -0.202. The van der Waals surface area contributed by atoms with Gasteiger partial charge in [-0.3, -0.25) is 4.79 Å². The number of rotatable bonds is 4. The van der Waals surface area contributed by atoms with Gasteiger partial charge in [0.2, 0.25) is 5.91 Å². The van der Waals surface area contributed by atoms with Crippen molar-refractivity contribution in [3.05, 3.63) is 0 Å². The predicted molar refractivity (Wildman–Crippen MR) is 120 cm³/mol. The monoisotopic (exact) mass is 456 g/mol. The molecule has 7 nitrogen and oxygen atoms in total. The smallest absolute Gasteiger partial charge is 0.410 e. The third-order valence-corrected chi connectivity index (χ3v) is 9.33. The summed E-state index contributed by atoms with van der Waals surface area (Å²) < 4.78 is 29.4. The number of fused-ring (bicyclic) bond motifs is 1. The summed E-state index contributed by atoms with van der Waals surface area (Å²) in [6, 6.07) is -0.00491. The van der Waals surface area contributed by atoms with Crippen molar-refractivity contribution in [1.29, 1.82) is 0 Å². The van der Waals surface area contributed by atoms with E-state index < -0.39 is 9.84 Å². The number of nitrogens with zero attached hydrogens (tertiary/aromatic N) is 2. The molecule has 0 spiro atoms. The van der Waals surface area contributed by atoms with E-state index >= 15 is 0 Å². The minimum absolute atomic E-state index is 0.0212. The topological polar surface area (TPSA) is 84.0 Å². The number of carbonyl (C=O) groups excluding carboxylic acids is 2. The lowest BCUT2D eigenvalue weighted by atomic mass is 9.69. The van der Waals surface area contributed by atoms with E-state index in [1.807, 2.05) is 30.6 Å². The van der Waals surface area contributed by atoms with Crippen molar-refractivity contribution in [3.8, 4) is 0 Å². The number of hydrogen-bond donors (Lipinski definition) is 0. The van der Waals surface area contributed by atoms with Gasteiger partial charge in [0.25, 0.3) is 0 Å². The van der Waals surface area contributed by atoms with Crippen molar-refractivity contribution in [2.24, 2.45) is 17.8 Å². The Bertz CT molecular complexity index is 760. The first-order valence-corrected chi connectivity index (χ1v) is 13.9. The van der Waals surface area contributed by atoms with Gasteiger partial charge in [0.15, 0.2) is 0 Å². The maximum atomic E-state index is 12.9. The molecule has 3 rings (SSSR count). The lowest BCUT2D eigenvalue weighted by Crippen LogP contribution is -2.67. The Morgan fingerprint density at radius 2 is 1.61 bits per heavy atom. The van der Waals surface area contributed by atoms with Gasteiger partial charge in [-0.1, -0.05) is 13.8 Å². The van der Waals surface area contributed by atoms with Crippen LogP contribution < -0.4 is 0 Å². The summed E-state index contributed by atoms with van der Waals surface area (Å²) in [5.41, 5.74) is 0. The van der Waals surface area contributed by atoms with Crippen molar-refractivity contribution in [2.45, 2.75) is 96.0 Å². The Morgan fingerprint density at radius 1 is 1.00 bits per heavy atom. The quantitative estimate of drug-likeness (QED) is 0.647. The van der Waals surface area contributed by atoms with Crippen LogP contribution >= 0.6 is 0 Å². The first-order valence-electron chi connectivity index (χ1n) is 11.9. The van der Waals surface area contributed by atoms with Crippen LogP contribution in [0.25, 0.3) is 0 Å². The zero-order valence-electron chi connectivity index (χ0n) is 19.7. The number of ether oxygens (including phenoxy) is 1. The van der Waals surface area contributed by atoms with Crippen molar-refractivity contribution in [1.82, 2.24) is 9.80 Å². The molecule has 2 amide bonds. The van der Waals surface area contributed by atoms with Crippen LogP contribution in [-0.4, -0.2) is 73.0 Å². The van der Waals surface area contributed by atoms with Gasteiger partial charge < -0.3 is 14.5 Å². The van der Waals surface area contributed by atoms with E-state index in [1.165, 1.54) is 6.26 Å². The summed E-state index contributed by atoms with van der Waals surface area (Å²) in [5.74, 6) is 1.31. The van der Waals surface area contributed by atoms with Gasteiger partial charge >= 0.3 is 6.09 Å². The predicted octanol–water partition coefficient (Wildman–Crippen LogP) is 3.47. The fourth-order valence-corrected chi connectivity index (χ4v) is 7.28. The van der Waals surface area contributed by atoms with E-state index in [2.05, 4.69) is 0 Å². The molecule has 1 saturated heterocycles. The van der Waals surface area contributed by atoms with Crippen LogP contribution in [0.2, 0.25) is 0 Å². The molecule has 1 aliphatic heterocycles. The third-order valence-electron chi connectivity index (χ3n) is 7.64. The molecule has 0 N–H and O–H groups in total. The van der Waals surface area contributed by atoms with Crippen LogP contribution in [0, 0.1) is 17.8 Å². The van der Waals surface area contributed by atoms with E-state index in [9.17, 15) is 18.0 Å². The Kier molecular flexibility index (Phi) is 7.59. The second-order valence-corrected chi connectivity index (χ2v) is 12.8. The lowest BCUT2D eigenvalue weighted by Gasteiger charge is -2.54. The average molecular weight is 457 g/mol. The molecule has 0 aromatic rings. The molecule has 0 aromatic heterocycles. The third kappa shape index (κ3) is 5.55.